The summed E-state index contributed by atoms with van der Waals surface area (Å²) in [5, 5.41) is 3.57. The highest BCUT2D eigenvalue weighted by atomic mass is 15.0. The van der Waals surface area contributed by atoms with Gasteiger partial charge in [-0.25, -0.2) is 4.98 Å². The van der Waals surface area contributed by atoms with Gasteiger partial charge in [-0.05, 0) is 31.9 Å². The molecule has 0 aliphatic rings. The molecule has 3 nitrogen and oxygen atoms in total. The van der Waals surface area contributed by atoms with Crippen LogP contribution in [0.3, 0.4) is 0 Å². The standard InChI is InChI=1S/C16H23N3/c1-12-5-6-15(13(2)11-12)14(3)17-8-7-16-18-9-10-19(16)4/h5-6,9-11,14,17H,7-8H2,1-4H3. The Kier molecular flexibility index (Phi) is 4.38. The SMILES string of the molecule is Cc1ccc(C(C)NCCc2nccn2C)c(C)c1. The number of aryl methyl sites for hydroxylation is 3. The van der Waals surface area contributed by atoms with E-state index < -0.39 is 0 Å². The van der Waals surface area contributed by atoms with Gasteiger partial charge in [0.05, 0.1) is 0 Å². The van der Waals surface area contributed by atoms with Crippen LogP contribution in [0.15, 0.2) is 30.6 Å². The first-order valence-electron chi connectivity index (χ1n) is 6.84. The maximum absolute atomic E-state index is 4.34. The number of rotatable bonds is 5. The predicted octanol–water partition coefficient (Wildman–Crippen LogP) is 2.93. The van der Waals surface area contributed by atoms with Gasteiger partial charge in [0.25, 0.3) is 0 Å². The lowest BCUT2D eigenvalue weighted by Crippen LogP contribution is -2.23. The fraction of sp³-hybridized carbons (Fsp3) is 0.438. The van der Waals surface area contributed by atoms with Gasteiger partial charge in [-0.1, -0.05) is 23.8 Å². The molecule has 19 heavy (non-hydrogen) atoms. The Labute approximate surface area is 115 Å². The van der Waals surface area contributed by atoms with E-state index in [9.17, 15) is 0 Å². The van der Waals surface area contributed by atoms with Gasteiger partial charge in [0.1, 0.15) is 5.82 Å². The highest BCUT2D eigenvalue weighted by Gasteiger charge is 2.08. The summed E-state index contributed by atoms with van der Waals surface area (Å²) in [6.45, 7) is 7.48. The molecule has 2 aromatic rings. The summed E-state index contributed by atoms with van der Waals surface area (Å²) in [6.07, 6.45) is 4.80. The van der Waals surface area contributed by atoms with Crippen molar-refractivity contribution in [2.45, 2.75) is 33.2 Å². The second-order valence-electron chi connectivity index (χ2n) is 5.24. The maximum atomic E-state index is 4.34. The molecule has 0 spiro atoms. The highest BCUT2D eigenvalue weighted by Crippen LogP contribution is 2.18. The van der Waals surface area contributed by atoms with Crippen molar-refractivity contribution in [1.82, 2.24) is 14.9 Å². The summed E-state index contributed by atoms with van der Waals surface area (Å²) in [6, 6.07) is 7.02. The minimum atomic E-state index is 0.376. The Hall–Kier alpha value is -1.61. The van der Waals surface area contributed by atoms with E-state index in [1.807, 2.05) is 19.4 Å². The van der Waals surface area contributed by atoms with Crippen molar-refractivity contribution in [3.8, 4) is 0 Å². The third-order valence-electron chi connectivity index (χ3n) is 3.61. The Morgan fingerprint density at radius 2 is 2.11 bits per heavy atom. The summed E-state index contributed by atoms with van der Waals surface area (Å²) in [5.74, 6) is 1.13. The third-order valence-corrected chi connectivity index (χ3v) is 3.61. The van der Waals surface area contributed by atoms with Gasteiger partial charge in [0.15, 0.2) is 0 Å². The van der Waals surface area contributed by atoms with E-state index >= 15 is 0 Å². The molecule has 1 aromatic heterocycles. The Balaban J connectivity index is 1.91. The van der Waals surface area contributed by atoms with Gasteiger partial charge in [0, 0.05) is 38.4 Å². The molecule has 0 bridgehead atoms. The van der Waals surface area contributed by atoms with Crippen molar-refractivity contribution in [3.05, 3.63) is 53.1 Å². The minimum absolute atomic E-state index is 0.376. The van der Waals surface area contributed by atoms with E-state index in [0.29, 0.717) is 6.04 Å². The quantitative estimate of drug-likeness (QED) is 0.892. The minimum Gasteiger partial charge on any atom is -0.338 e. The number of nitrogens with one attached hydrogen (secondary N) is 1. The third kappa shape index (κ3) is 3.44. The molecule has 1 aromatic carbocycles. The van der Waals surface area contributed by atoms with Crippen LogP contribution in [-0.2, 0) is 13.5 Å². The topological polar surface area (TPSA) is 29.9 Å². The first-order valence-corrected chi connectivity index (χ1v) is 6.84. The molecule has 1 N–H and O–H groups in total. The first kappa shape index (κ1) is 13.8. The number of hydrogen-bond donors (Lipinski definition) is 1. The van der Waals surface area contributed by atoms with E-state index in [2.05, 4.69) is 53.8 Å². The van der Waals surface area contributed by atoms with Crippen molar-refractivity contribution in [3.63, 3.8) is 0 Å². The zero-order chi connectivity index (χ0) is 13.8. The van der Waals surface area contributed by atoms with Gasteiger partial charge in [-0.15, -0.1) is 0 Å². The molecule has 0 radical (unpaired) electrons. The number of imidazole rings is 1. The molecule has 0 saturated heterocycles. The van der Waals surface area contributed by atoms with Crippen LogP contribution in [0, 0.1) is 13.8 Å². The lowest BCUT2D eigenvalue weighted by molar-refractivity contribution is 0.563. The highest BCUT2D eigenvalue weighted by molar-refractivity contribution is 5.32. The number of hydrogen-bond acceptors (Lipinski definition) is 2. The lowest BCUT2D eigenvalue weighted by Gasteiger charge is -2.17. The largest absolute Gasteiger partial charge is 0.338 e. The Morgan fingerprint density at radius 1 is 1.32 bits per heavy atom. The number of nitrogens with zero attached hydrogens (tertiary/aromatic N) is 2. The molecule has 1 atom stereocenters. The van der Waals surface area contributed by atoms with Crippen LogP contribution in [-0.4, -0.2) is 16.1 Å². The molecule has 1 heterocycles. The number of benzene rings is 1. The zero-order valence-electron chi connectivity index (χ0n) is 12.3. The lowest BCUT2D eigenvalue weighted by atomic mass is 10.0. The van der Waals surface area contributed by atoms with Crippen LogP contribution in [0.2, 0.25) is 0 Å². The summed E-state index contributed by atoms with van der Waals surface area (Å²) in [4.78, 5) is 4.34. The van der Waals surface area contributed by atoms with Crippen LogP contribution >= 0.6 is 0 Å². The molecular formula is C16H23N3. The fourth-order valence-corrected chi connectivity index (χ4v) is 2.46. The van der Waals surface area contributed by atoms with Crippen molar-refractivity contribution in [2.24, 2.45) is 7.05 Å². The smallest absolute Gasteiger partial charge is 0.109 e. The van der Waals surface area contributed by atoms with Crippen molar-refractivity contribution < 1.29 is 0 Å². The maximum Gasteiger partial charge on any atom is 0.109 e. The van der Waals surface area contributed by atoms with Crippen LogP contribution in [0.1, 0.15) is 35.5 Å². The zero-order valence-corrected chi connectivity index (χ0v) is 12.3. The molecule has 102 valence electrons. The van der Waals surface area contributed by atoms with Crippen molar-refractivity contribution in [1.29, 1.82) is 0 Å². The number of aromatic nitrogens is 2. The predicted molar refractivity (Wildman–Crippen MR) is 79.2 cm³/mol. The van der Waals surface area contributed by atoms with Crippen molar-refractivity contribution in [2.75, 3.05) is 6.54 Å². The van der Waals surface area contributed by atoms with Gasteiger partial charge in [0.2, 0.25) is 0 Å². The average Bonchev–Trinajstić information content (AvgIpc) is 2.75. The van der Waals surface area contributed by atoms with E-state index in [1.54, 1.807) is 0 Å². The fourth-order valence-electron chi connectivity index (χ4n) is 2.46. The molecular weight excluding hydrogens is 234 g/mol. The van der Waals surface area contributed by atoms with Crippen LogP contribution in [0.5, 0.6) is 0 Å². The summed E-state index contributed by atoms with van der Waals surface area (Å²) in [7, 11) is 2.04. The summed E-state index contributed by atoms with van der Waals surface area (Å²) in [5.41, 5.74) is 4.06. The van der Waals surface area contributed by atoms with Crippen molar-refractivity contribution >= 4 is 0 Å². The van der Waals surface area contributed by atoms with E-state index in [-0.39, 0.29) is 0 Å². The van der Waals surface area contributed by atoms with Gasteiger partial charge in [-0.3, -0.25) is 0 Å². The second-order valence-corrected chi connectivity index (χ2v) is 5.24. The monoisotopic (exact) mass is 257 g/mol. The Morgan fingerprint density at radius 3 is 2.74 bits per heavy atom. The summed E-state index contributed by atoms with van der Waals surface area (Å²) >= 11 is 0. The van der Waals surface area contributed by atoms with Gasteiger partial charge >= 0.3 is 0 Å². The average molecular weight is 257 g/mol. The molecule has 0 aliphatic heterocycles. The van der Waals surface area contributed by atoms with Crippen LogP contribution in [0.25, 0.3) is 0 Å². The molecule has 0 fully saturated rings. The van der Waals surface area contributed by atoms with E-state index in [0.717, 1.165) is 18.8 Å². The van der Waals surface area contributed by atoms with E-state index in [4.69, 9.17) is 0 Å². The van der Waals surface area contributed by atoms with Crippen LogP contribution < -0.4 is 5.32 Å². The first-order chi connectivity index (χ1) is 9.08. The molecule has 3 heteroatoms. The molecule has 1 unspecified atom stereocenters. The molecule has 0 saturated carbocycles. The van der Waals surface area contributed by atoms with Crippen LogP contribution in [0.4, 0.5) is 0 Å². The molecule has 0 amide bonds. The van der Waals surface area contributed by atoms with Gasteiger partial charge < -0.3 is 9.88 Å². The molecule has 0 aliphatic carbocycles. The molecule has 2 rings (SSSR count). The van der Waals surface area contributed by atoms with Gasteiger partial charge in [-0.2, -0.15) is 0 Å². The Bertz CT molecular complexity index is 543. The normalized spacial score (nSPS) is 12.6. The van der Waals surface area contributed by atoms with E-state index in [1.165, 1.54) is 16.7 Å². The second kappa shape index (κ2) is 6.02. The summed E-state index contributed by atoms with van der Waals surface area (Å²) < 4.78 is 2.07.